The fourth-order valence-corrected chi connectivity index (χ4v) is 5.02. The molecule has 0 bridgehead atoms. The van der Waals surface area contributed by atoms with Gasteiger partial charge in [0, 0.05) is 43.3 Å². The van der Waals surface area contributed by atoms with E-state index in [0.717, 1.165) is 66.7 Å². The number of likely N-dealkylation sites (tertiary alicyclic amines) is 1. The summed E-state index contributed by atoms with van der Waals surface area (Å²) in [6.07, 6.45) is 3.71. The molecule has 2 atom stereocenters. The van der Waals surface area contributed by atoms with E-state index in [4.69, 9.17) is 10.5 Å². The number of nitrogen functional groups attached to an aromatic ring is 1. The molecule has 2 aliphatic rings. The van der Waals surface area contributed by atoms with Gasteiger partial charge in [0.25, 0.3) is 0 Å². The number of benzene rings is 1. The number of ether oxygens (including phenoxy) is 1. The molecule has 166 valence electrons. The minimum Gasteiger partial charge on any atom is -0.383 e. The highest BCUT2D eigenvalue weighted by molar-refractivity contribution is 5.98. The number of rotatable bonds is 6. The highest BCUT2D eigenvalue weighted by Gasteiger charge is 2.60. The Morgan fingerprint density at radius 1 is 1.34 bits per heavy atom. The zero-order valence-corrected chi connectivity index (χ0v) is 18.6. The van der Waals surface area contributed by atoms with Crippen molar-refractivity contribution in [3.05, 3.63) is 48.2 Å². The minimum absolute atomic E-state index is 0.0533. The van der Waals surface area contributed by atoms with Crippen LogP contribution in [0.15, 0.2) is 42.6 Å². The summed E-state index contributed by atoms with van der Waals surface area (Å²) in [5.41, 5.74) is 9.35. The molecule has 1 saturated carbocycles. The zero-order valence-electron chi connectivity index (χ0n) is 18.6. The average Bonchev–Trinajstić information content (AvgIpc) is 3.34. The van der Waals surface area contributed by atoms with Gasteiger partial charge in [0.05, 0.1) is 12.3 Å². The predicted molar refractivity (Wildman–Crippen MR) is 126 cm³/mol. The molecule has 3 heterocycles. The van der Waals surface area contributed by atoms with Gasteiger partial charge in [-0.15, -0.1) is 0 Å². The van der Waals surface area contributed by atoms with Crippen LogP contribution in [0, 0.1) is 18.3 Å². The van der Waals surface area contributed by atoms with Gasteiger partial charge in [-0.2, -0.15) is 0 Å². The Hall–Kier alpha value is -3.03. The van der Waals surface area contributed by atoms with Crippen LogP contribution in [0.1, 0.15) is 18.4 Å². The van der Waals surface area contributed by atoms with Gasteiger partial charge in [-0.25, -0.2) is 9.97 Å². The second-order valence-corrected chi connectivity index (χ2v) is 9.13. The SMILES string of the molecule is COCCN1CC[C@@]2(C[C@H]2C(=O)Nc2cc3cc(-c4ccccc4C)nc(N)c3cn2)C1. The van der Waals surface area contributed by atoms with Gasteiger partial charge >= 0.3 is 0 Å². The Morgan fingerprint density at radius 3 is 3.00 bits per heavy atom. The summed E-state index contributed by atoms with van der Waals surface area (Å²) in [6.45, 7) is 5.73. The third-order valence-corrected chi connectivity index (χ3v) is 7.00. The molecule has 7 nitrogen and oxygen atoms in total. The first kappa shape index (κ1) is 20.8. The largest absolute Gasteiger partial charge is 0.383 e. The summed E-state index contributed by atoms with van der Waals surface area (Å²) in [5.74, 6) is 1.11. The number of methoxy groups -OCH3 is 1. The van der Waals surface area contributed by atoms with Crippen LogP contribution in [0.3, 0.4) is 0 Å². The second kappa shape index (κ2) is 8.15. The molecule has 2 aromatic heterocycles. The van der Waals surface area contributed by atoms with Crippen molar-refractivity contribution in [3.63, 3.8) is 0 Å². The maximum atomic E-state index is 13.0. The molecule has 3 aromatic rings. The van der Waals surface area contributed by atoms with Gasteiger partial charge in [-0.05, 0) is 54.8 Å². The van der Waals surface area contributed by atoms with Gasteiger partial charge in [0.1, 0.15) is 11.6 Å². The molecule has 7 heteroatoms. The summed E-state index contributed by atoms with van der Waals surface area (Å²) < 4.78 is 5.19. The molecular formula is C25H29N5O2. The van der Waals surface area contributed by atoms with E-state index in [1.807, 2.05) is 30.3 Å². The Kier molecular flexibility index (Phi) is 5.31. The summed E-state index contributed by atoms with van der Waals surface area (Å²) in [7, 11) is 1.73. The Labute approximate surface area is 188 Å². The molecule has 3 N–H and O–H groups in total. The van der Waals surface area contributed by atoms with Crippen molar-refractivity contribution >= 4 is 28.3 Å². The lowest BCUT2D eigenvalue weighted by Crippen LogP contribution is -2.26. The summed E-state index contributed by atoms with van der Waals surface area (Å²) >= 11 is 0. The first-order chi connectivity index (χ1) is 15.5. The normalized spacial score (nSPS) is 22.5. The fourth-order valence-electron chi connectivity index (χ4n) is 5.02. The van der Waals surface area contributed by atoms with Crippen LogP contribution in [-0.4, -0.2) is 54.1 Å². The van der Waals surface area contributed by atoms with Crippen LogP contribution < -0.4 is 11.1 Å². The highest BCUT2D eigenvalue weighted by atomic mass is 16.5. The van der Waals surface area contributed by atoms with Crippen molar-refractivity contribution < 1.29 is 9.53 Å². The molecular weight excluding hydrogens is 402 g/mol. The topological polar surface area (TPSA) is 93.4 Å². The maximum Gasteiger partial charge on any atom is 0.229 e. The molecule has 1 saturated heterocycles. The number of fused-ring (bicyclic) bond motifs is 1. The highest BCUT2D eigenvalue weighted by Crippen LogP contribution is 2.58. The van der Waals surface area contributed by atoms with Gasteiger partial charge in [-0.3, -0.25) is 4.79 Å². The number of hydrogen-bond donors (Lipinski definition) is 2. The van der Waals surface area contributed by atoms with Crippen LogP contribution >= 0.6 is 0 Å². The van der Waals surface area contributed by atoms with Crippen molar-refractivity contribution in [1.29, 1.82) is 0 Å². The van der Waals surface area contributed by atoms with Crippen molar-refractivity contribution in [2.75, 3.05) is 44.4 Å². The molecule has 1 spiro atoms. The number of aryl methyl sites for hydroxylation is 1. The molecule has 1 aliphatic heterocycles. The number of nitrogens with one attached hydrogen (secondary N) is 1. The quantitative estimate of drug-likeness (QED) is 0.621. The first-order valence-corrected chi connectivity index (χ1v) is 11.1. The van der Waals surface area contributed by atoms with E-state index in [1.165, 1.54) is 0 Å². The lowest BCUT2D eigenvalue weighted by molar-refractivity contribution is -0.118. The van der Waals surface area contributed by atoms with E-state index >= 15 is 0 Å². The number of carbonyl (C=O) groups is 1. The number of nitrogens with zero attached hydrogens (tertiary/aromatic N) is 3. The average molecular weight is 432 g/mol. The van der Waals surface area contributed by atoms with Crippen LogP contribution in [0.5, 0.6) is 0 Å². The minimum atomic E-state index is 0.0533. The van der Waals surface area contributed by atoms with Crippen LogP contribution in [0.25, 0.3) is 22.0 Å². The number of carbonyl (C=O) groups excluding carboxylic acids is 1. The van der Waals surface area contributed by atoms with E-state index in [0.29, 0.717) is 11.6 Å². The number of amides is 1. The van der Waals surface area contributed by atoms with E-state index in [9.17, 15) is 4.79 Å². The monoisotopic (exact) mass is 431 g/mol. The first-order valence-electron chi connectivity index (χ1n) is 11.1. The molecule has 0 radical (unpaired) electrons. The second-order valence-electron chi connectivity index (χ2n) is 9.13. The maximum absolute atomic E-state index is 13.0. The number of hydrogen-bond acceptors (Lipinski definition) is 6. The lowest BCUT2D eigenvalue weighted by Gasteiger charge is -2.15. The molecule has 1 aromatic carbocycles. The van der Waals surface area contributed by atoms with E-state index < -0.39 is 0 Å². The summed E-state index contributed by atoms with van der Waals surface area (Å²) in [5, 5.41) is 4.74. The predicted octanol–water partition coefficient (Wildman–Crippen LogP) is 3.48. The third kappa shape index (κ3) is 3.82. The van der Waals surface area contributed by atoms with Gasteiger partial charge in [-0.1, -0.05) is 24.3 Å². The van der Waals surface area contributed by atoms with Crippen molar-refractivity contribution in [1.82, 2.24) is 14.9 Å². The van der Waals surface area contributed by atoms with Gasteiger partial charge < -0.3 is 20.7 Å². The molecule has 32 heavy (non-hydrogen) atoms. The Bertz CT molecular complexity index is 1180. The van der Waals surface area contributed by atoms with Crippen molar-refractivity contribution in [2.24, 2.45) is 11.3 Å². The molecule has 0 unspecified atom stereocenters. The number of pyridine rings is 2. The molecule has 5 rings (SSSR count). The van der Waals surface area contributed by atoms with Crippen molar-refractivity contribution in [3.8, 4) is 11.3 Å². The third-order valence-electron chi connectivity index (χ3n) is 7.00. The zero-order chi connectivity index (χ0) is 22.3. The van der Waals surface area contributed by atoms with E-state index in [2.05, 4.69) is 33.2 Å². The lowest BCUT2D eigenvalue weighted by atomic mass is 10.0. The molecule has 2 fully saturated rings. The van der Waals surface area contributed by atoms with Crippen LogP contribution in [-0.2, 0) is 9.53 Å². The van der Waals surface area contributed by atoms with Gasteiger partial charge in [0.2, 0.25) is 5.91 Å². The molecule has 1 amide bonds. The standard InChI is InChI=1S/C25H29N5O2/c1-16-5-3-4-6-18(16)21-11-17-12-22(27-14-19(17)23(26)28-21)29-24(31)20-13-25(20)7-8-30(15-25)9-10-32-2/h3-6,11-12,14,20H,7-10,13,15H2,1-2H3,(H2,26,28)(H,27,29,31)/t20-,25+/m0/s1. The number of nitrogens with two attached hydrogens (primary N) is 1. The molecule has 1 aliphatic carbocycles. The van der Waals surface area contributed by atoms with Gasteiger partial charge in [0.15, 0.2) is 0 Å². The van der Waals surface area contributed by atoms with E-state index in [1.54, 1.807) is 13.3 Å². The number of aromatic nitrogens is 2. The smallest absolute Gasteiger partial charge is 0.229 e. The van der Waals surface area contributed by atoms with E-state index in [-0.39, 0.29) is 17.2 Å². The Balaban J connectivity index is 1.33. The Morgan fingerprint density at radius 2 is 2.19 bits per heavy atom. The summed E-state index contributed by atoms with van der Waals surface area (Å²) in [4.78, 5) is 24.4. The summed E-state index contributed by atoms with van der Waals surface area (Å²) in [6, 6.07) is 12.0. The fraction of sp³-hybridized carbons (Fsp3) is 0.400. The van der Waals surface area contributed by atoms with Crippen LogP contribution in [0.4, 0.5) is 11.6 Å². The van der Waals surface area contributed by atoms with Crippen LogP contribution in [0.2, 0.25) is 0 Å². The number of anilines is 2. The van der Waals surface area contributed by atoms with Crippen molar-refractivity contribution in [2.45, 2.75) is 19.8 Å².